The summed E-state index contributed by atoms with van der Waals surface area (Å²) in [4.78, 5) is 0. The fraction of sp³-hybridized carbons (Fsp3) is 1.00. The van der Waals surface area contributed by atoms with Gasteiger partial charge in [0.25, 0.3) is 0 Å². The van der Waals surface area contributed by atoms with Gasteiger partial charge in [-0.15, -0.1) is 0 Å². The first kappa shape index (κ1) is 9.40. The molecule has 11 heavy (non-hydrogen) atoms. The molecule has 0 spiro atoms. The Hall–Kier alpha value is 0.310. The van der Waals surface area contributed by atoms with Crippen molar-refractivity contribution in [3.63, 3.8) is 0 Å². The van der Waals surface area contributed by atoms with E-state index in [1.165, 1.54) is 12.8 Å². The molecular formula is C9H19NS. The largest absolute Gasteiger partial charge is 0.327 e. The van der Waals surface area contributed by atoms with Gasteiger partial charge in [-0.25, -0.2) is 0 Å². The van der Waals surface area contributed by atoms with Gasteiger partial charge in [-0.2, -0.15) is 11.8 Å². The molecule has 0 radical (unpaired) electrons. The van der Waals surface area contributed by atoms with Gasteiger partial charge in [-0.3, -0.25) is 0 Å². The number of rotatable bonds is 2. The van der Waals surface area contributed by atoms with Crippen molar-refractivity contribution in [2.24, 2.45) is 11.7 Å². The molecule has 0 heterocycles. The third-order valence-corrected chi connectivity index (χ3v) is 4.05. The zero-order chi connectivity index (χ0) is 8.43. The maximum Gasteiger partial charge on any atom is 0.00905 e. The minimum atomic E-state index is 0.464. The van der Waals surface area contributed by atoms with E-state index in [4.69, 9.17) is 5.73 Å². The molecule has 2 heteroatoms. The fourth-order valence-electron chi connectivity index (χ4n) is 1.70. The van der Waals surface area contributed by atoms with Crippen LogP contribution in [-0.2, 0) is 0 Å². The van der Waals surface area contributed by atoms with Crippen molar-refractivity contribution in [2.45, 2.75) is 50.2 Å². The van der Waals surface area contributed by atoms with Crippen LogP contribution < -0.4 is 5.73 Å². The van der Waals surface area contributed by atoms with E-state index in [9.17, 15) is 0 Å². The van der Waals surface area contributed by atoms with Crippen molar-refractivity contribution < 1.29 is 0 Å². The van der Waals surface area contributed by atoms with E-state index in [1.54, 1.807) is 0 Å². The highest BCUT2D eigenvalue weighted by molar-refractivity contribution is 8.00. The molecule has 0 saturated heterocycles. The molecule has 1 rings (SSSR count). The average molecular weight is 173 g/mol. The number of hydrogen-bond donors (Lipinski definition) is 1. The van der Waals surface area contributed by atoms with Crippen molar-refractivity contribution in [1.29, 1.82) is 0 Å². The Morgan fingerprint density at radius 1 is 1.36 bits per heavy atom. The fourth-order valence-corrected chi connectivity index (χ4v) is 3.12. The minimum Gasteiger partial charge on any atom is -0.327 e. The second-order valence-corrected chi connectivity index (χ2v) is 5.64. The summed E-state index contributed by atoms with van der Waals surface area (Å²) in [6, 6.07) is 0.464. The maximum absolute atomic E-state index is 5.93. The van der Waals surface area contributed by atoms with Crippen LogP contribution in [0.2, 0.25) is 0 Å². The van der Waals surface area contributed by atoms with Crippen LogP contribution in [0.25, 0.3) is 0 Å². The zero-order valence-electron chi connectivity index (χ0n) is 7.71. The highest BCUT2D eigenvalue weighted by Crippen LogP contribution is 2.35. The summed E-state index contributed by atoms with van der Waals surface area (Å²) >= 11 is 2.09. The molecule has 1 nitrogen and oxygen atoms in total. The third kappa shape index (κ3) is 2.38. The van der Waals surface area contributed by atoms with Crippen LogP contribution in [0.4, 0.5) is 0 Å². The molecular weight excluding hydrogens is 154 g/mol. The number of nitrogens with two attached hydrogens (primary N) is 1. The van der Waals surface area contributed by atoms with E-state index < -0.39 is 0 Å². The van der Waals surface area contributed by atoms with E-state index >= 15 is 0 Å². The Morgan fingerprint density at radius 2 is 2.00 bits per heavy atom. The quantitative estimate of drug-likeness (QED) is 0.693. The molecule has 2 N–H and O–H groups in total. The van der Waals surface area contributed by atoms with Crippen LogP contribution in [0, 0.1) is 5.92 Å². The summed E-state index contributed by atoms with van der Waals surface area (Å²) < 4.78 is 0. The summed E-state index contributed by atoms with van der Waals surface area (Å²) in [7, 11) is 0. The van der Waals surface area contributed by atoms with Gasteiger partial charge >= 0.3 is 0 Å². The summed E-state index contributed by atoms with van der Waals surface area (Å²) in [6.45, 7) is 6.82. The van der Waals surface area contributed by atoms with Crippen LogP contribution >= 0.6 is 11.8 Å². The number of thioether (sulfide) groups is 1. The SMILES string of the molecule is CC(C)SC1CCC(N)C1C. The monoisotopic (exact) mass is 173 g/mol. The van der Waals surface area contributed by atoms with Crippen LogP contribution in [0.5, 0.6) is 0 Å². The molecule has 1 aliphatic carbocycles. The van der Waals surface area contributed by atoms with E-state index in [1.807, 2.05) is 0 Å². The van der Waals surface area contributed by atoms with E-state index in [-0.39, 0.29) is 0 Å². The van der Waals surface area contributed by atoms with Gasteiger partial charge in [0.05, 0.1) is 0 Å². The van der Waals surface area contributed by atoms with Crippen molar-refractivity contribution in [3.05, 3.63) is 0 Å². The standard InChI is InChI=1S/C9H19NS/c1-6(2)11-9-5-4-8(10)7(9)3/h6-9H,4-5,10H2,1-3H3. The van der Waals surface area contributed by atoms with Gasteiger partial charge in [-0.1, -0.05) is 20.8 Å². The Kier molecular flexibility index (Phi) is 3.26. The molecule has 1 saturated carbocycles. The van der Waals surface area contributed by atoms with Crippen molar-refractivity contribution in [1.82, 2.24) is 0 Å². The molecule has 3 unspecified atom stereocenters. The second kappa shape index (κ2) is 3.81. The summed E-state index contributed by atoms with van der Waals surface area (Å²) in [5.74, 6) is 0.724. The Labute approximate surface area is 74.1 Å². The lowest BCUT2D eigenvalue weighted by Crippen LogP contribution is -2.26. The first-order valence-electron chi connectivity index (χ1n) is 4.52. The highest BCUT2D eigenvalue weighted by Gasteiger charge is 2.30. The normalized spacial score (nSPS) is 38.5. The molecule has 0 aromatic heterocycles. The lowest BCUT2D eigenvalue weighted by molar-refractivity contribution is 0.534. The van der Waals surface area contributed by atoms with Gasteiger partial charge in [0.2, 0.25) is 0 Å². The predicted molar refractivity (Wildman–Crippen MR) is 52.9 cm³/mol. The molecule has 0 aliphatic heterocycles. The second-order valence-electron chi connectivity index (χ2n) is 3.82. The molecule has 0 aromatic rings. The summed E-state index contributed by atoms with van der Waals surface area (Å²) in [6.07, 6.45) is 2.55. The van der Waals surface area contributed by atoms with Crippen molar-refractivity contribution in [3.8, 4) is 0 Å². The van der Waals surface area contributed by atoms with Crippen LogP contribution in [-0.4, -0.2) is 16.5 Å². The minimum absolute atomic E-state index is 0.464. The molecule has 1 fully saturated rings. The van der Waals surface area contributed by atoms with Gasteiger partial charge < -0.3 is 5.73 Å². The van der Waals surface area contributed by atoms with E-state index in [0.29, 0.717) is 6.04 Å². The molecule has 3 atom stereocenters. The van der Waals surface area contributed by atoms with Crippen molar-refractivity contribution >= 4 is 11.8 Å². The average Bonchev–Trinajstić information content (AvgIpc) is 2.18. The molecule has 66 valence electrons. The molecule has 0 bridgehead atoms. The molecule has 0 aromatic carbocycles. The summed E-state index contributed by atoms with van der Waals surface area (Å²) in [5, 5.41) is 1.58. The first-order valence-corrected chi connectivity index (χ1v) is 5.46. The highest BCUT2D eigenvalue weighted by atomic mass is 32.2. The van der Waals surface area contributed by atoms with Gasteiger partial charge in [-0.05, 0) is 24.0 Å². The van der Waals surface area contributed by atoms with Gasteiger partial charge in [0.15, 0.2) is 0 Å². The number of hydrogen-bond acceptors (Lipinski definition) is 2. The van der Waals surface area contributed by atoms with Crippen molar-refractivity contribution in [2.75, 3.05) is 0 Å². The van der Waals surface area contributed by atoms with Crippen LogP contribution in [0.1, 0.15) is 33.6 Å². The van der Waals surface area contributed by atoms with Crippen LogP contribution in [0.15, 0.2) is 0 Å². The van der Waals surface area contributed by atoms with Gasteiger partial charge in [0, 0.05) is 11.3 Å². The Balaban J connectivity index is 2.36. The molecule has 0 amide bonds. The molecule has 1 aliphatic rings. The zero-order valence-corrected chi connectivity index (χ0v) is 8.53. The third-order valence-electron chi connectivity index (χ3n) is 2.49. The maximum atomic E-state index is 5.93. The van der Waals surface area contributed by atoms with E-state index in [0.717, 1.165) is 16.4 Å². The Morgan fingerprint density at radius 3 is 2.36 bits per heavy atom. The predicted octanol–water partition coefficient (Wildman–Crippen LogP) is 2.25. The van der Waals surface area contributed by atoms with Gasteiger partial charge in [0.1, 0.15) is 0 Å². The topological polar surface area (TPSA) is 26.0 Å². The van der Waals surface area contributed by atoms with Crippen LogP contribution in [0.3, 0.4) is 0 Å². The lowest BCUT2D eigenvalue weighted by Gasteiger charge is -2.19. The smallest absolute Gasteiger partial charge is 0.00905 e. The van der Waals surface area contributed by atoms with E-state index in [2.05, 4.69) is 32.5 Å². The lowest BCUT2D eigenvalue weighted by atomic mass is 10.1. The Bertz CT molecular complexity index is 125. The first-order chi connectivity index (χ1) is 5.11. The summed E-state index contributed by atoms with van der Waals surface area (Å²) in [5.41, 5.74) is 5.93.